The van der Waals surface area contributed by atoms with Gasteiger partial charge >= 0.3 is 0 Å². The third-order valence-corrected chi connectivity index (χ3v) is 3.42. The second-order valence-corrected chi connectivity index (χ2v) is 5.15. The van der Waals surface area contributed by atoms with Gasteiger partial charge in [-0.15, -0.1) is 0 Å². The van der Waals surface area contributed by atoms with Crippen molar-refractivity contribution in [2.24, 2.45) is 0 Å². The predicted octanol–water partition coefficient (Wildman–Crippen LogP) is 4.29. The van der Waals surface area contributed by atoms with E-state index in [1.54, 1.807) is 38.3 Å². The van der Waals surface area contributed by atoms with Crippen molar-refractivity contribution in [2.45, 2.75) is 6.92 Å². The van der Waals surface area contributed by atoms with Gasteiger partial charge < -0.3 is 4.74 Å². The maximum Gasteiger partial charge on any atom is 0.269 e. The molecule has 0 atom stereocenters. The smallest absolute Gasteiger partial charge is 0.269 e. The first-order valence-electron chi connectivity index (χ1n) is 7.29. The molecule has 0 aliphatic heterocycles. The summed E-state index contributed by atoms with van der Waals surface area (Å²) >= 11 is 0. The molecule has 5 nitrogen and oxygen atoms in total. The molecule has 2 aromatic rings. The largest absolute Gasteiger partial charge is 0.497 e. The molecule has 0 fully saturated rings. The lowest BCUT2D eigenvalue weighted by atomic mass is 10.1. The van der Waals surface area contributed by atoms with Crippen LogP contribution in [0.15, 0.2) is 60.2 Å². The molecule has 0 bridgehead atoms. The van der Waals surface area contributed by atoms with Crippen LogP contribution in [0, 0.1) is 10.1 Å². The number of hydrogen-bond donors (Lipinski definition) is 0. The van der Waals surface area contributed by atoms with Crippen molar-refractivity contribution in [1.29, 1.82) is 0 Å². The highest BCUT2D eigenvalue weighted by atomic mass is 16.6. The number of benzene rings is 2. The molecular weight excluding hydrogens is 306 g/mol. The van der Waals surface area contributed by atoms with Gasteiger partial charge in [0.1, 0.15) is 5.75 Å². The van der Waals surface area contributed by atoms with E-state index in [0.29, 0.717) is 5.57 Å². The van der Waals surface area contributed by atoms with E-state index >= 15 is 0 Å². The van der Waals surface area contributed by atoms with Crippen LogP contribution in [0.5, 0.6) is 5.75 Å². The Kier molecular flexibility index (Phi) is 5.63. The van der Waals surface area contributed by atoms with Crippen molar-refractivity contribution in [3.63, 3.8) is 0 Å². The van der Waals surface area contributed by atoms with Gasteiger partial charge in [0.05, 0.1) is 12.0 Å². The maximum atomic E-state index is 12.1. The molecule has 0 amide bonds. The minimum atomic E-state index is -0.455. The average Bonchev–Trinajstić information content (AvgIpc) is 2.60. The highest BCUT2D eigenvalue weighted by Gasteiger charge is 2.04. The van der Waals surface area contributed by atoms with Crippen molar-refractivity contribution in [2.75, 3.05) is 7.11 Å². The van der Waals surface area contributed by atoms with Gasteiger partial charge in [-0.2, -0.15) is 0 Å². The number of hydrogen-bond acceptors (Lipinski definition) is 4. The number of nitrogens with zero attached hydrogens (tertiary/aromatic N) is 1. The Morgan fingerprint density at radius 3 is 2.17 bits per heavy atom. The molecule has 0 spiro atoms. The Labute approximate surface area is 140 Å². The highest BCUT2D eigenvalue weighted by molar-refractivity contribution is 6.08. The molecular formula is C19H17NO4. The van der Waals surface area contributed by atoms with E-state index in [9.17, 15) is 14.9 Å². The third-order valence-electron chi connectivity index (χ3n) is 3.42. The second kappa shape index (κ2) is 7.87. The predicted molar refractivity (Wildman–Crippen MR) is 93.8 cm³/mol. The number of rotatable bonds is 6. The van der Waals surface area contributed by atoms with Crippen molar-refractivity contribution in [1.82, 2.24) is 0 Å². The van der Waals surface area contributed by atoms with E-state index in [1.807, 2.05) is 24.3 Å². The van der Waals surface area contributed by atoms with Crippen LogP contribution in [-0.4, -0.2) is 17.8 Å². The molecule has 24 heavy (non-hydrogen) atoms. The van der Waals surface area contributed by atoms with Crippen LogP contribution >= 0.6 is 0 Å². The number of ketones is 1. The molecule has 0 heterocycles. The summed E-state index contributed by atoms with van der Waals surface area (Å²) in [6.07, 6.45) is 4.93. The zero-order valence-corrected chi connectivity index (χ0v) is 13.4. The van der Waals surface area contributed by atoms with Gasteiger partial charge in [-0.25, -0.2) is 0 Å². The van der Waals surface area contributed by atoms with Crippen LogP contribution in [0.2, 0.25) is 0 Å². The number of carbonyl (C=O) groups excluding carboxylic acids is 1. The Hall–Kier alpha value is -3.21. The average molecular weight is 323 g/mol. The molecule has 0 aliphatic carbocycles. The van der Waals surface area contributed by atoms with Gasteiger partial charge in [-0.3, -0.25) is 14.9 Å². The van der Waals surface area contributed by atoms with Crippen molar-refractivity contribution >= 4 is 23.6 Å². The summed E-state index contributed by atoms with van der Waals surface area (Å²) < 4.78 is 5.08. The van der Waals surface area contributed by atoms with E-state index in [-0.39, 0.29) is 11.5 Å². The SMILES string of the molecule is COc1ccc(/C=C/C(=O)/C(C)=C/c2ccc([N+](=O)[O-])cc2)cc1. The number of nitro groups is 1. The molecule has 5 heteroatoms. The first-order chi connectivity index (χ1) is 11.5. The van der Waals surface area contributed by atoms with Crippen LogP contribution in [0.1, 0.15) is 18.1 Å². The monoisotopic (exact) mass is 323 g/mol. The second-order valence-electron chi connectivity index (χ2n) is 5.15. The first kappa shape index (κ1) is 17.1. The van der Waals surface area contributed by atoms with Crippen LogP contribution in [0.25, 0.3) is 12.2 Å². The summed E-state index contributed by atoms with van der Waals surface area (Å²) in [5.74, 6) is 0.636. The zero-order chi connectivity index (χ0) is 17.5. The fourth-order valence-corrected chi connectivity index (χ4v) is 2.03. The summed E-state index contributed by atoms with van der Waals surface area (Å²) in [5, 5.41) is 10.6. The molecule has 2 rings (SSSR count). The molecule has 0 radical (unpaired) electrons. The van der Waals surface area contributed by atoms with Crippen molar-refractivity contribution in [3.8, 4) is 5.75 Å². The van der Waals surface area contributed by atoms with Crippen molar-refractivity contribution in [3.05, 3.63) is 81.4 Å². The van der Waals surface area contributed by atoms with E-state index in [2.05, 4.69) is 0 Å². The summed E-state index contributed by atoms with van der Waals surface area (Å²) in [4.78, 5) is 22.3. The third kappa shape index (κ3) is 4.64. The Morgan fingerprint density at radius 1 is 1.04 bits per heavy atom. The van der Waals surface area contributed by atoms with Gasteiger partial charge in [-0.05, 0) is 60.0 Å². The maximum absolute atomic E-state index is 12.1. The number of carbonyl (C=O) groups is 1. The molecule has 0 aromatic heterocycles. The van der Waals surface area contributed by atoms with Gasteiger partial charge in [0.25, 0.3) is 5.69 Å². The van der Waals surface area contributed by atoms with Crippen LogP contribution < -0.4 is 4.74 Å². The number of non-ortho nitro benzene ring substituents is 1. The summed E-state index contributed by atoms with van der Waals surface area (Å²) in [7, 11) is 1.60. The lowest BCUT2D eigenvalue weighted by Crippen LogP contribution is -1.94. The lowest BCUT2D eigenvalue weighted by Gasteiger charge is -2.00. The summed E-state index contributed by atoms with van der Waals surface area (Å²) in [6, 6.07) is 13.4. The quantitative estimate of drug-likeness (QED) is 0.452. The number of methoxy groups -OCH3 is 1. The molecule has 0 saturated heterocycles. The van der Waals surface area contributed by atoms with Crippen LogP contribution in [-0.2, 0) is 4.79 Å². The molecule has 0 unspecified atom stereocenters. The normalized spacial score (nSPS) is 11.5. The van der Waals surface area contributed by atoms with Gasteiger partial charge in [0, 0.05) is 12.1 Å². The van der Waals surface area contributed by atoms with Crippen LogP contribution in [0.3, 0.4) is 0 Å². The summed E-state index contributed by atoms with van der Waals surface area (Å²) in [5.41, 5.74) is 2.21. The Balaban J connectivity index is 2.07. The number of nitro benzene ring substituents is 1. The van der Waals surface area contributed by atoms with E-state index < -0.39 is 4.92 Å². The highest BCUT2D eigenvalue weighted by Crippen LogP contribution is 2.16. The van der Waals surface area contributed by atoms with Crippen LogP contribution in [0.4, 0.5) is 5.69 Å². The fraction of sp³-hybridized carbons (Fsp3) is 0.105. The standard InChI is InChI=1S/C19H17NO4/c1-14(13-16-3-8-17(9-4-16)20(22)23)19(21)12-7-15-5-10-18(24-2)11-6-15/h3-13H,1-2H3/b12-7+,14-13+. The fourth-order valence-electron chi connectivity index (χ4n) is 2.03. The first-order valence-corrected chi connectivity index (χ1v) is 7.29. The molecule has 122 valence electrons. The molecule has 2 aromatic carbocycles. The van der Waals surface area contributed by atoms with Gasteiger partial charge in [-0.1, -0.05) is 18.2 Å². The van der Waals surface area contributed by atoms with E-state index in [4.69, 9.17) is 4.74 Å². The minimum absolute atomic E-state index is 0.0236. The number of ether oxygens (including phenoxy) is 1. The van der Waals surface area contributed by atoms with Gasteiger partial charge in [0.2, 0.25) is 0 Å². The van der Waals surface area contributed by atoms with E-state index in [1.165, 1.54) is 18.2 Å². The summed E-state index contributed by atoms with van der Waals surface area (Å²) in [6.45, 7) is 1.71. The topological polar surface area (TPSA) is 69.4 Å². The molecule has 0 aliphatic rings. The zero-order valence-electron chi connectivity index (χ0n) is 13.4. The van der Waals surface area contributed by atoms with Crippen molar-refractivity contribution < 1.29 is 14.5 Å². The Bertz CT molecular complexity index is 787. The molecule has 0 saturated carbocycles. The lowest BCUT2D eigenvalue weighted by molar-refractivity contribution is -0.384. The van der Waals surface area contributed by atoms with Gasteiger partial charge in [0.15, 0.2) is 5.78 Å². The Morgan fingerprint density at radius 2 is 1.62 bits per heavy atom. The number of allylic oxidation sites excluding steroid dienone is 2. The minimum Gasteiger partial charge on any atom is -0.497 e. The molecule has 0 N–H and O–H groups in total. The van der Waals surface area contributed by atoms with E-state index in [0.717, 1.165) is 16.9 Å².